The highest BCUT2D eigenvalue weighted by molar-refractivity contribution is 4.91. The minimum atomic E-state index is -0.235. The third kappa shape index (κ3) is 2.26. The van der Waals surface area contributed by atoms with Gasteiger partial charge in [0.1, 0.15) is 12.7 Å². The number of aromatic nitrogens is 2. The molecule has 1 rings (SSSR count). The second-order valence-corrected chi connectivity index (χ2v) is 3.10. The molecule has 1 atom stereocenters. The number of hydrogen-bond acceptors (Lipinski definition) is 5. The summed E-state index contributed by atoms with van der Waals surface area (Å²) in [4.78, 5) is 3.97. The number of aliphatic hydroxyl groups is 1. The Morgan fingerprint density at radius 3 is 2.62 bits per heavy atom. The first kappa shape index (κ1) is 10.1. The zero-order chi connectivity index (χ0) is 9.84. The number of hydrogen-bond donors (Lipinski definition) is 1. The van der Waals surface area contributed by atoms with Crippen molar-refractivity contribution in [1.82, 2.24) is 10.1 Å². The van der Waals surface area contributed by atoms with Crippen LogP contribution in [0.15, 0.2) is 4.52 Å². The van der Waals surface area contributed by atoms with Gasteiger partial charge in [0.15, 0.2) is 0 Å². The summed E-state index contributed by atoms with van der Waals surface area (Å²) in [6.07, 6.45) is -0.177. The van der Waals surface area contributed by atoms with Crippen LogP contribution >= 0.6 is 0 Å². The molecule has 5 nitrogen and oxygen atoms in total. The van der Waals surface area contributed by atoms with E-state index in [0.717, 1.165) is 0 Å². The molecule has 1 aromatic rings. The van der Waals surface area contributed by atoms with Gasteiger partial charge in [-0.2, -0.15) is 4.98 Å². The van der Waals surface area contributed by atoms with Gasteiger partial charge in [-0.3, -0.25) is 0 Å². The van der Waals surface area contributed by atoms with Gasteiger partial charge in [-0.05, 0) is 5.92 Å². The van der Waals surface area contributed by atoms with Crippen molar-refractivity contribution in [3.8, 4) is 0 Å². The quantitative estimate of drug-likeness (QED) is 0.756. The SMILES string of the molecule is COC(c1noc(CO)n1)C(C)C. The maximum absolute atomic E-state index is 8.71. The second-order valence-electron chi connectivity index (χ2n) is 3.10. The summed E-state index contributed by atoms with van der Waals surface area (Å²) in [5.41, 5.74) is 0. The molecule has 0 aliphatic rings. The molecule has 0 amide bonds. The van der Waals surface area contributed by atoms with E-state index in [1.165, 1.54) is 0 Å². The van der Waals surface area contributed by atoms with E-state index in [4.69, 9.17) is 14.4 Å². The van der Waals surface area contributed by atoms with E-state index in [2.05, 4.69) is 10.1 Å². The first-order chi connectivity index (χ1) is 6.19. The van der Waals surface area contributed by atoms with E-state index in [0.29, 0.717) is 5.82 Å². The third-order valence-electron chi connectivity index (χ3n) is 1.73. The fourth-order valence-electron chi connectivity index (χ4n) is 1.12. The zero-order valence-corrected chi connectivity index (χ0v) is 8.02. The molecule has 0 aliphatic heterocycles. The van der Waals surface area contributed by atoms with Gasteiger partial charge in [0.2, 0.25) is 5.82 Å². The van der Waals surface area contributed by atoms with E-state index in [9.17, 15) is 0 Å². The minimum Gasteiger partial charge on any atom is -0.387 e. The molecule has 0 aromatic carbocycles. The van der Waals surface area contributed by atoms with E-state index in [-0.39, 0.29) is 24.5 Å². The standard InChI is InChI=1S/C8H14N2O3/c1-5(2)7(12-3)8-9-6(4-11)13-10-8/h5,7,11H,4H2,1-3H3. The normalized spacial score (nSPS) is 13.6. The predicted octanol–water partition coefficient (Wildman–Crippen LogP) is 0.905. The second kappa shape index (κ2) is 4.34. The molecule has 13 heavy (non-hydrogen) atoms. The first-order valence-corrected chi connectivity index (χ1v) is 4.15. The van der Waals surface area contributed by atoms with Crippen molar-refractivity contribution in [2.24, 2.45) is 5.92 Å². The molecule has 1 aromatic heterocycles. The maximum Gasteiger partial charge on any atom is 0.252 e. The summed E-state index contributed by atoms with van der Waals surface area (Å²) in [5.74, 6) is 0.980. The van der Waals surface area contributed by atoms with Crippen molar-refractivity contribution in [3.63, 3.8) is 0 Å². The topological polar surface area (TPSA) is 68.4 Å². The number of aliphatic hydroxyl groups excluding tert-OH is 1. The van der Waals surface area contributed by atoms with Gasteiger partial charge in [0.05, 0.1) is 0 Å². The van der Waals surface area contributed by atoms with Crippen molar-refractivity contribution < 1.29 is 14.4 Å². The van der Waals surface area contributed by atoms with E-state index >= 15 is 0 Å². The Balaban J connectivity index is 2.79. The zero-order valence-electron chi connectivity index (χ0n) is 8.02. The Morgan fingerprint density at radius 2 is 2.23 bits per heavy atom. The Bertz CT molecular complexity index is 260. The predicted molar refractivity (Wildman–Crippen MR) is 44.8 cm³/mol. The summed E-state index contributed by atoms with van der Waals surface area (Å²) in [7, 11) is 1.60. The summed E-state index contributed by atoms with van der Waals surface area (Å²) < 4.78 is 9.94. The molecule has 0 saturated carbocycles. The third-order valence-corrected chi connectivity index (χ3v) is 1.73. The number of rotatable bonds is 4. The first-order valence-electron chi connectivity index (χ1n) is 4.15. The van der Waals surface area contributed by atoms with Crippen LogP contribution in [0.5, 0.6) is 0 Å². The molecule has 0 radical (unpaired) electrons. The lowest BCUT2D eigenvalue weighted by Gasteiger charge is -2.14. The molecule has 1 heterocycles. The van der Waals surface area contributed by atoms with Gasteiger partial charge in [-0.25, -0.2) is 0 Å². The molecular weight excluding hydrogens is 172 g/mol. The Hall–Kier alpha value is -0.940. The summed E-state index contributed by atoms with van der Waals surface area (Å²) in [6.45, 7) is 3.77. The van der Waals surface area contributed by atoms with Crippen molar-refractivity contribution >= 4 is 0 Å². The van der Waals surface area contributed by atoms with Crippen molar-refractivity contribution in [3.05, 3.63) is 11.7 Å². The van der Waals surface area contributed by atoms with Crippen LogP contribution in [0, 0.1) is 5.92 Å². The van der Waals surface area contributed by atoms with Crippen LogP contribution < -0.4 is 0 Å². The highest BCUT2D eigenvalue weighted by Gasteiger charge is 2.20. The lowest BCUT2D eigenvalue weighted by Crippen LogP contribution is -2.10. The molecule has 1 N–H and O–H groups in total. The lowest BCUT2D eigenvalue weighted by atomic mass is 10.1. The molecule has 0 aliphatic carbocycles. The average Bonchev–Trinajstić information content (AvgIpc) is 2.53. The van der Waals surface area contributed by atoms with Crippen LogP contribution in [0.1, 0.15) is 31.7 Å². The van der Waals surface area contributed by atoms with Crippen molar-refractivity contribution in [2.75, 3.05) is 7.11 Å². The Kier molecular flexibility index (Phi) is 3.39. The fraction of sp³-hybridized carbons (Fsp3) is 0.750. The Labute approximate surface area is 76.7 Å². The summed E-state index contributed by atoms with van der Waals surface area (Å²) in [6, 6.07) is 0. The van der Waals surface area contributed by atoms with Crippen LogP contribution in [0.3, 0.4) is 0 Å². The number of nitrogens with zero attached hydrogens (tertiary/aromatic N) is 2. The average molecular weight is 186 g/mol. The van der Waals surface area contributed by atoms with E-state index in [1.54, 1.807) is 7.11 Å². The monoisotopic (exact) mass is 186 g/mol. The fourth-order valence-corrected chi connectivity index (χ4v) is 1.12. The summed E-state index contributed by atoms with van der Waals surface area (Å²) in [5, 5.41) is 12.4. The van der Waals surface area contributed by atoms with Crippen LogP contribution in [-0.2, 0) is 11.3 Å². The Morgan fingerprint density at radius 1 is 1.54 bits per heavy atom. The van der Waals surface area contributed by atoms with E-state index in [1.807, 2.05) is 13.8 Å². The van der Waals surface area contributed by atoms with Crippen LogP contribution in [0.4, 0.5) is 0 Å². The van der Waals surface area contributed by atoms with Crippen molar-refractivity contribution in [2.45, 2.75) is 26.6 Å². The molecular formula is C8H14N2O3. The number of methoxy groups -OCH3 is 1. The highest BCUT2D eigenvalue weighted by atomic mass is 16.5. The van der Waals surface area contributed by atoms with E-state index < -0.39 is 0 Å². The maximum atomic E-state index is 8.71. The van der Waals surface area contributed by atoms with Crippen molar-refractivity contribution in [1.29, 1.82) is 0 Å². The van der Waals surface area contributed by atoms with Gasteiger partial charge in [-0.1, -0.05) is 19.0 Å². The molecule has 5 heteroatoms. The van der Waals surface area contributed by atoms with Gasteiger partial charge >= 0.3 is 0 Å². The van der Waals surface area contributed by atoms with Gasteiger partial charge < -0.3 is 14.4 Å². The number of ether oxygens (including phenoxy) is 1. The van der Waals surface area contributed by atoms with Crippen LogP contribution in [0.2, 0.25) is 0 Å². The molecule has 0 saturated heterocycles. The minimum absolute atomic E-state index is 0.177. The molecule has 1 unspecified atom stereocenters. The lowest BCUT2D eigenvalue weighted by molar-refractivity contribution is 0.0555. The largest absolute Gasteiger partial charge is 0.387 e. The van der Waals surface area contributed by atoms with Gasteiger partial charge in [-0.15, -0.1) is 0 Å². The van der Waals surface area contributed by atoms with Gasteiger partial charge in [0.25, 0.3) is 5.89 Å². The van der Waals surface area contributed by atoms with Gasteiger partial charge in [0, 0.05) is 7.11 Å². The molecule has 0 bridgehead atoms. The van der Waals surface area contributed by atoms with Crippen LogP contribution in [-0.4, -0.2) is 22.4 Å². The molecule has 0 fully saturated rings. The highest BCUT2D eigenvalue weighted by Crippen LogP contribution is 2.21. The molecule has 74 valence electrons. The van der Waals surface area contributed by atoms with Crippen LogP contribution in [0.25, 0.3) is 0 Å². The smallest absolute Gasteiger partial charge is 0.252 e. The molecule has 0 spiro atoms. The summed E-state index contributed by atoms with van der Waals surface area (Å²) >= 11 is 0.